The Morgan fingerprint density at radius 2 is 1.67 bits per heavy atom. The van der Waals surface area contributed by atoms with Crippen LogP contribution in [-0.4, -0.2) is 37.0 Å². The van der Waals surface area contributed by atoms with Crippen molar-refractivity contribution in [2.24, 2.45) is 5.73 Å². The van der Waals surface area contributed by atoms with Crippen LogP contribution in [0.15, 0.2) is 42.5 Å². The molecule has 0 radical (unpaired) electrons. The fraction of sp³-hybridized carbons (Fsp3) is 0.278. The van der Waals surface area contributed by atoms with Crippen LogP contribution in [0.1, 0.15) is 15.9 Å². The number of benzene rings is 2. The van der Waals surface area contributed by atoms with Gasteiger partial charge in [0.1, 0.15) is 11.6 Å². The third-order valence-corrected chi connectivity index (χ3v) is 4.25. The van der Waals surface area contributed by atoms with E-state index in [-0.39, 0.29) is 11.6 Å². The van der Waals surface area contributed by atoms with E-state index in [1.54, 1.807) is 21.9 Å². The molecule has 24 heavy (non-hydrogen) atoms. The molecule has 3 rings (SSSR count). The molecule has 1 aliphatic rings. The largest absolute Gasteiger partial charge is 0.366 e. The summed E-state index contributed by atoms with van der Waals surface area (Å²) in [4.78, 5) is 16.0. The van der Waals surface area contributed by atoms with Gasteiger partial charge in [-0.3, -0.25) is 4.79 Å². The quantitative estimate of drug-likeness (QED) is 0.939. The Hall–Kier alpha value is -2.47. The molecule has 0 spiro atoms. The van der Waals surface area contributed by atoms with E-state index in [9.17, 15) is 13.6 Å². The van der Waals surface area contributed by atoms with Crippen molar-refractivity contribution in [2.45, 2.75) is 6.54 Å². The predicted octanol–water partition coefficient (Wildman–Crippen LogP) is 2.39. The molecule has 0 aliphatic carbocycles. The van der Waals surface area contributed by atoms with Gasteiger partial charge in [-0.15, -0.1) is 0 Å². The van der Waals surface area contributed by atoms with E-state index in [0.29, 0.717) is 38.3 Å². The summed E-state index contributed by atoms with van der Waals surface area (Å²) in [6, 6.07) is 10.6. The first-order chi connectivity index (χ1) is 11.6. The number of piperazine rings is 1. The zero-order valence-corrected chi connectivity index (χ0v) is 13.2. The lowest BCUT2D eigenvalue weighted by Crippen LogP contribution is -2.49. The Bertz CT molecular complexity index is 726. The summed E-state index contributed by atoms with van der Waals surface area (Å²) in [5.74, 6) is -0.976. The Morgan fingerprint density at radius 3 is 2.29 bits per heavy atom. The van der Waals surface area contributed by atoms with Gasteiger partial charge in [0, 0.05) is 44.4 Å². The monoisotopic (exact) mass is 331 g/mol. The zero-order chi connectivity index (χ0) is 17.1. The maximum atomic E-state index is 13.8. The first-order valence-corrected chi connectivity index (χ1v) is 7.87. The summed E-state index contributed by atoms with van der Waals surface area (Å²) in [5, 5.41) is 0. The standard InChI is InChI=1S/C18H19F2N3O/c19-15-5-6-16(20)17(11-15)22-7-9-23(10-8-22)18(24)14-3-1-13(12-21)2-4-14/h1-6,11H,7-10,12,21H2. The lowest BCUT2D eigenvalue weighted by Gasteiger charge is -2.36. The fourth-order valence-electron chi connectivity index (χ4n) is 2.84. The highest BCUT2D eigenvalue weighted by molar-refractivity contribution is 5.94. The van der Waals surface area contributed by atoms with Crippen LogP contribution in [0.25, 0.3) is 0 Å². The molecule has 1 saturated heterocycles. The molecule has 0 atom stereocenters. The molecular weight excluding hydrogens is 312 g/mol. The van der Waals surface area contributed by atoms with E-state index < -0.39 is 11.6 Å². The van der Waals surface area contributed by atoms with Crippen molar-refractivity contribution in [1.82, 2.24) is 4.90 Å². The van der Waals surface area contributed by atoms with Gasteiger partial charge in [-0.2, -0.15) is 0 Å². The van der Waals surface area contributed by atoms with Crippen LogP contribution < -0.4 is 10.6 Å². The molecule has 1 amide bonds. The van der Waals surface area contributed by atoms with Gasteiger partial charge < -0.3 is 15.5 Å². The number of amides is 1. The van der Waals surface area contributed by atoms with E-state index in [0.717, 1.165) is 17.7 Å². The number of rotatable bonds is 3. The SMILES string of the molecule is NCc1ccc(C(=O)N2CCN(c3cc(F)ccc3F)CC2)cc1. The third kappa shape index (κ3) is 3.38. The highest BCUT2D eigenvalue weighted by Gasteiger charge is 2.23. The van der Waals surface area contributed by atoms with Crippen molar-refractivity contribution in [1.29, 1.82) is 0 Å². The van der Waals surface area contributed by atoms with Crippen molar-refractivity contribution in [3.05, 3.63) is 65.2 Å². The van der Waals surface area contributed by atoms with Gasteiger partial charge in [0.25, 0.3) is 5.91 Å². The first-order valence-electron chi connectivity index (χ1n) is 7.87. The molecule has 126 valence electrons. The molecule has 0 saturated carbocycles. The lowest BCUT2D eigenvalue weighted by atomic mass is 10.1. The maximum Gasteiger partial charge on any atom is 0.253 e. The van der Waals surface area contributed by atoms with E-state index in [2.05, 4.69) is 0 Å². The van der Waals surface area contributed by atoms with Gasteiger partial charge in [0.15, 0.2) is 0 Å². The maximum absolute atomic E-state index is 13.8. The second-order valence-corrected chi connectivity index (χ2v) is 5.78. The number of carbonyl (C=O) groups excluding carboxylic acids is 1. The molecule has 1 fully saturated rings. The van der Waals surface area contributed by atoms with Crippen LogP contribution in [0.4, 0.5) is 14.5 Å². The molecule has 2 aromatic carbocycles. The highest BCUT2D eigenvalue weighted by Crippen LogP contribution is 2.22. The Balaban J connectivity index is 1.65. The third-order valence-electron chi connectivity index (χ3n) is 4.25. The molecule has 0 bridgehead atoms. The summed E-state index contributed by atoms with van der Waals surface area (Å²) in [6.07, 6.45) is 0. The van der Waals surface area contributed by atoms with Crippen molar-refractivity contribution in [3.8, 4) is 0 Å². The van der Waals surface area contributed by atoms with E-state index in [1.165, 1.54) is 6.07 Å². The van der Waals surface area contributed by atoms with Crippen LogP contribution in [0.2, 0.25) is 0 Å². The molecular formula is C18H19F2N3O. The summed E-state index contributed by atoms with van der Waals surface area (Å²) < 4.78 is 27.2. The second-order valence-electron chi connectivity index (χ2n) is 5.78. The predicted molar refractivity (Wildman–Crippen MR) is 88.8 cm³/mol. The minimum absolute atomic E-state index is 0.0575. The molecule has 6 heteroatoms. The van der Waals surface area contributed by atoms with E-state index in [4.69, 9.17) is 5.73 Å². The lowest BCUT2D eigenvalue weighted by molar-refractivity contribution is 0.0746. The molecule has 0 aromatic heterocycles. The van der Waals surface area contributed by atoms with Crippen LogP contribution in [0.5, 0.6) is 0 Å². The number of hydrogen-bond donors (Lipinski definition) is 1. The van der Waals surface area contributed by atoms with Crippen molar-refractivity contribution < 1.29 is 13.6 Å². The molecule has 4 nitrogen and oxygen atoms in total. The van der Waals surface area contributed by atoms with Crippen LogP contribution >= 0.6 is 0 Å². The summed E-state index contributed by atoms with van der Waals surface area (Å²) in [5.41, 5.74) is 7.38. The fourth-order valence-corrected chi connectivity index (χ4v) is 2.84. The molecule has 2 N–H and O–H groups in total. The van der Waals surface area contributed by atoms with Gasteiger partial charge in [-0.05, 0) is 29.8 Å². The highest BCUT2D eigenvalue weighted by atomic mass is 19.1. The van der Waals surface area contributed by atoms with Gasteiger partial charge in [0.2, 0.25) is 0 Å². The number of halogens is 2. The normalized spacial score (nSPS) is 14.8. The van der Waals surface area contributed by atoms with Gasteiger partial charge in [-0.25, -0.2) is 8.78 Å². The van der Waals surface area contributed by atoms with Gasteiger partial charge in [0.05, 0.1) is 5.69 Å². The number of nitrogens with two attached hydrogens (primary N) is 1. The van der Waals surface area contributed by atoms with Crippen molar-refractivity contribution in [3.63, 3.8) is 0 Å². The first kappa shape index (κ1) is 16.4. The Morgan fingerprint density at radius 1 is 1.00 bits per heavy atom. The molecule has 1 heterocycles. The van der Waals surface area contributed by atoms with Gasteiger partial charge in [-0.1, -0.05) is 12.1 Å². The minimum atomic E-state index is -0.468. The Labute approximate surface area is 139 Å². The summed E-state index contributed by atoms with van der Waals surface area (Å²) in [7, 11) is 0. The van der Waals surface area contributed by atoms with Gasteiger partial charge >= 0.3 is 0 Å². The number of nitrogens with zero attached hydrogens (tertiary/aromatic N) is 2. The minimum Gasteiger partial charge on any atom is -0.366 e. The topological polar surface area (TPSA) is 49.6 Å². The van der Waals surface area contributed by atoms with Crippen LogP contribution in [0, 0.1) is 11.6 Å². The average Bonchev–Trinajstić information content (AvgIpc) is 2.63. The van der Waals surface area contributed by atoms with Crippen LogP contribution in [-0.2, 0) is 6.54 Å². The number of carbonyl (C=O) groups is 1. The summed E-state index contributed by atoms with van der Waals surface area (Å²) >= 11 is 0. The number of hydrogen-bond acceptors (Lipinski definition) is 3. The van der Waals surface area contributed by atoms with Crippen molar-refractivity contribution in [2.75, 3.05) is 31.1 Å². The average molecular weight is 331 g/mol. The zero-order valence-electron chi connectivity index (χ0n) is 13.2. The van der Waals surface area contributed by atoms with E-state index in [1.807, 2.05) is 12.1 Å². The second kappa shape index (κ2) is 6.97. The summed E-state index contributed by atoms with van der Waals surface area (Å²) in [6.45, 7) is 2.30. The molecule has 1 aliphatic heterocycles. The molecule has 0 unspecified atom stereocenters. The van der Waals surface area contributed by atoms with E-state index >= 15 is 0 Å². The molecule has 2 aromatic rings. The smallest absolute Gasteiger partial charge is 0.253 e. The van der Waals surface area contributed by atoms with Crippen LogP contribution in [0.3, 0.4) is 0 Å². The number of anilines is 1. The Kier molecular flexibility index (Phi) is 4.76. The van der Waals surface area contributed by atoms with Crippen molar-refractivity contribution >= 4 is 11.6 Å².